The predicted molar refractivity (Wildman–Crippen MR) is 91.7 cm³/mol. The van der Waals surface area contributed by atoms with Gasteiger partial charge in [0.25, 0.3) is 0 Å². The number of benzene rings is 1. The number of carbonyl (C=O) groups is 1. The van der Waals surface area contributed by atoms with Crippen molar-refractivity contribution in [2.24, 2.45) is 0 Å². The number of rotatable bonds is 5. The van der Waals surface area contributed by atoms with E-state index in [0.717, 1.165) is 18.3 Å². The van der Waals surface area contributed by atoms with Crippen molar-refractivity contribution in [3.8, 4) is 11.5 Å². The number of carbonyl (C=O) groups excluding carboxylic acids is 1. The molecule has 1 aromatic carbocycles. The van der Waals surface area contributed by atoms with Gasteiger partial charge < -0.3 is 18.8 Å². The van der Waals surface area contributed by atoms with E-state index in [1.165, 1.54) is 0 Å². The van der Waals surface area contributed by atoms with Gasteiger partial charge in [-0.3, -0.25) is 4.79 Å². The quantitative estimate of drug-likeness (QED) is 0.471. The van der Waals surface area contributed by atoms with E-state index < -0.39 is 18.3 Å². The summed E-state index contributed by atoms with van der Waals surface area (Å²) in [5, 5.41) is 0. The zero-order valence-corrected chi connectivity index (χ0v) is 15.0. The highest BCUT2D eigenvalue weighted by Gasteiger charge is 2.51. The summed E-state index contributed by atoms with van der Waals surface area (Å²) in [4.78, 5) is 11.6. The minimum Gasteiger partial charge on any atom is -0.487 e. The molecule has 0 bridgehead atoms. The normalized spacial score (nSPS) is 21.6. The zero-order chi connectivity index (χ0) is 17.5. The third kappa shape index (κ3) is 3.45. The first kappa shape index (κ1) is 17.3. The molecule has 1 aliphatic carbocycles. The summed E-state index contributed by atoms with van der Waals surface area (Å²) in [6.45, 7) is 9.85. The van der Waals surface area contributed by atoms with Crippen LogP contribution >= 0.6 is 0 Å². The fourth-order valence-corrected chi connectivity index (χ4v) is 2.39. The SMILES string of the molecule is CCC(=O)Oc1ccc(B2OC(C)(C)C(C)(C)O2)cc1OC1CC1. The summed E-state index contributed by atoms with van der Waals surface area (Å²) < 4.78 is 23.5. The number of hydrogen-bond acceptors (Lipinski definition) is 5. The van der Waals surface area contributed by atoms with Crippen LogP contribution in [-0.2, 0) is 14.1 Å². The second-order valence-electron chi connectivity index (χ2n) is 7.44. The molecule has 0 unspecified atom stereocenters. The zero-order valence-electron chi connectivity index (χ0n) is 15.0. The van der Waals surface area contributed by atoms with Gasteiger partial charge in [0.15, 0.2) is 11.5 Å². The molecule has 0 spiro atoms. The minimum atomic E-state index is -0.465. The van der Waals surface area contributed by atoms with Gasteiger partial charge in [-0.05, 0) is 58.1 Å². The van der Waals surface area contributed by atoms with E-state index in [0.29, 0.717) is 17.9 Å². The first-order valence-electron chi connectivity index (χ1n) is 8.59. The Bertz CT molecular complexity index is 620. The van der Waals surface area contributed by atoms with Gasteiger partial charge in [-0.25, -0.2) is 0 Å². The van der Waals surface area contributed by atoms with E-state index in [4.69, 9.17) is 18.8 Å². The summed E-state index contributed by atoms with van der Waals surface area (Å²) in [7, 11) is -0.465. The summed E-state index contributed by atoms with van der Waals surface area (Å²) in [5.41, 5.74) is 0.0611. The molecule has 2 fully saturated rings. The lowest BCUT2D eigenvalue weighted by molar-refractivity contribution is -0.134. The average molecular weight is 332 g/mol. The van der Waals surface area contributed by atoms with E-state index in [2.05, 4.69) is 0 Å². The van der Waals surface area contributed by atoms with Crippen molar-refractivity contribution in [1.82, 2.24) is 0 Å². The van der Waals surface area contributed by atoms with E-state index in [9.17, 15) is 4.79 Å². The van der Waals surface area contributed by atoms with Gasteiger partial charge in [-0.2, -0.15) is 0 Å². The van der Waals surface area contributed by atoms with Crippen LogP contribution in [0.25, 0.3) is 0 Å². The summed E-state index contributed by atoms with van der Waals surface area (Å²) >= 11 is 0. The Morgan fingerprint density at radius 3 is 2.33 bits per heavy atom. The molecule has 24 heavy (non-hydrogen) atoms. The molecular weight excluding hydrogens is 307 g/mol. The second kappa shape index (κ2) is 6.08. The highest BCUT2D eigenvalue weighted by Crippen LogP contribution is 2.38. The number of hydrogen-bond donors (Lipinski definition) is 0. The van der Waals surface area contributed by atoms with Crippen LogP contribution in [0.15, 0.2) is 18.2 Å². The molecular formula is C18H25BO5. The molecule has 0 aromatic heterocycles. The van der Waals surface area contributed by atoms with Gasteiger partial charge in [0.2, 0.25) is 0 Å². The average Bonchev–Trinajstić information content (AvgIpc) is 3.27. The largest absolute Gasteiger partial charge is 0.494 e. The molecule has 1 saturated carbocycles. The Hall–Kier alpha value is -1.53. The lowest BCUT2D eigenvalue weighted by Gasteiger charge is -2.32. The maximum absolute atomic E-state index is 11.6. The molecule has 0 N–H and O–H groups in total. The van der Waals surface area contributed by atoms with Crippen LogP contribution < -0.4 is 14.9 Å². The fourth-order valence-electron chi connectivity index (χ4n) is 2.39. The Morgan fingerprint density at radius 2 is 1.79 bits per heavy atom. The highest BCUT2D eigenvalue weighted by molar-refractivity contribution is 6.62. The van der Waals surface area contributed by atoms with Gasteiger partial charge in [0.1, 0.15) is 0 Å². The van der Waals surface area contributed by atoms with Crippen molar-refractivity contribution in [3.05, 3.63) is 18.2 Å². The Labute approximate surface area is 143 Å². The third-order valence-electron chi connectivity index (χ3n) is 4.82. The molecule has 1 aliphatic heterocycles. The molecule has 1 saturated heterocycles. The molecule has 130 valence electrons. The van der Waals surface area contributed by atoms with Crippen molar-refractivity contribution in [3.63, 3.8) is 0 Å². The lowest BCUT2D eigenvalue weighted by Crippen LogP contribution is -2.41. The van der Waals surface area contributed by atoms with Crippen molar-refractivity contribution in [2.45, 2.75) is 71.2 Å². The molecule has 1 heterocycles. The first-order valence-corrected chi connectivity index (χ1v) is 8.59. The smallest absolute Gasteiger partial charge is 0.487 e. The fraction of sp³-hybridized carbons (Fsp3) is 0.611. The monoisotopic (exact) mass is 332 g/mol. The molecule has 5 nitrogen and oxygen atoms in total. The molecule has 0 atom stereocenters. The van der Waals surface area contributed by atoms with Gasteiger partial charge in [-0.1, -0.05) is 13.0 Å². The second-order valence-corrected chi connectivity index (χ2v) is 7.44. The number of ether oxygens (including phenoxy) is 2. The van der Waals surface area contributed by atoms with Gasteiger partial charge in [0.05, 0.1) is 17.3 Å². The van der Waals surface area contributed by atoms with Crippen LogP contribution in [0.3, 0.4) is 0 Å². The van der Waals surface area contributed by atoms with Crippen molar-refractivity contribution < 1.29 is 23.6 Å². The molecule has 2 aliphatic rings. The summed E-state index contributed by atoms with van der Waals surface area (Å²) in [5.74, 6) is 0.750. The van der Waals surface area contributed by atoms with Crippen LogP contribution in [0.1, 0.15) is 53.9 Å². The molecule has 1 aromatic rings. The van der Waals surface area contributed by atoms with E-state index >= 15 is 0 Å². The van der Waals surface area contributed by atoms with Crippen LogP contribution in [0.2, 0.25) is 0 Å². The topological polar surface area (TPSA) is 54.0 Å². The lowest BCUT2D eigenvalue weighted by atomic mass is 9.79. The van der Waals surface area contributed by atoms with Gasteiger partial charge in [-0.15, -0.1) is 0 Å². The highest BCUT2D eigenvalue weighted by atomic mass is 16.7. The molecule has 6 heteroatoms. The van der Waals surface area contributed by atoms with Crippen LogP contribution in [0.4, 0.5) is 0 Å². The molecule has 0 radical (unpaired) electrons. The summed E-state index contributed by atoms with van der Waals surface area (Å²) in [6, 6.07) is 5.48. The molecule has 3 rings (SSSR count). The standard InChI is InChI=1S/C18H25BO5/c1-6-16(20)22-14-10-7-12(11-15(14)21-13-8-9-13)19-23-17(2,3)18(4,5)24-19/h7,10-11,13H,6,8-9H2,1-5H3. The predicted octanol–water partition coefficient (Wildman–Crippen LogP) is 2.84. The van der Waals surface area contributed by atoms with E-state index in [1.54, 1.807) is 13.0 Å². The molecule has 0 amide bonds. The van der Waals surface area contributed by atoms with Gasteiger partial charge in [0, 0.05) is 6.42 Å². The van der Waals surface area contributed by atoms with Crippen molar-refractivity contribution in [2.75, 3.05) is 0 Å². The number of esters is 1. The third-order valence-corrected chi connectivity index (χ3v) is 4.82. The van der Waals surface area contributed by atoms with E-state index in [-0.39, 0.29) is 12.1 Å². The van der Waals surface area contributed by atoms with Crippen LogP contribution in [0.5, 0.6) is 11.5 Å². The maximum atomic E-state index is 11.6. The van der Waals surface area contributed by atoms with Gasteiger partial charge >= 0.3 is 13.1 Å². The van der Waals surface area contributed by atoms with Crippen LogP contribution in [-0.4, -0.2) is 30.4 Å². The minimum absolute atomic E-state index is 0.206. The first-order chi connectivity index (χ1) is 11.2. The van der Waals surface area contributed by atoms with Crippen LogP contribution in [0, 0.1) is 0 Å². The Morgan fingerprint density at radius 1 is 1.17 bits per heavy atom. The Kier molecular flexibility index (Phi) is 4.38. The van der Waals surface area contributed by atoms with Crippen molar-refractivity contribution in [1.29, 1.82) is 0 Å². The Balaban J connectivity index is 1.85. The van der Waals surface area contributed by atoms with E-state index in [1.807, 2.05) is 39.8 Å². The maximum Gasteiger partial charge on any atom is 0.494 e. The van der Waals surface area contributed by atoms with Crippen molar-refractivity contribution >= 4 is 18.6 Å². The summed E-state index contributed by atoms with van der Waals surface area (Å²) in [6.07, 6.45) is 2.59.